The van der Waals surface area contributed by atoms with Crippen molar-refractivity contribution in [1.29, 1.82) is 5.41 Å². The highest BCUT2D eigenvalue weighted by Crippen LogP contribution is 2.29. The Labute approximate surface area is 128 Å². The van der Waals surface area contributed by atoms with Gasteiger partial charge in [0.25, 0.3) is 0 Å². The number of nitrogens with two attached hydrogens (primary N) is 1. The number of nitrogens with one attached hydrogen (secondary N) is 1. The molecular formula is C17H20N4O. The maximum atomic E-state index is 8.12. The lowest BCUT2D eigenvalue weighted by molar-refractivity contribution is 0.542. The molecule has 2 aromatic heterocycles. The number of fused-ring (bicyclic) bond motifs is 3. The van der Waals surface area contributed by atoms with E-state index >= 15 is 0 Å². The van der Waals surface area contributed by atoms with Crippen molar-refractivity contribution in [3.63, 3.8) is 0 Å². The summed E-state index contributed by atoms with van der Waals surface area (Å²) in [4.78, 5) is 6.48. The summed E-state index contributed by atoms with van der Waals surface area (Å²) in [6.45, 7) is 8.01. The van der Waals surface area contributed by atoms with Crippen LogP contribution in [0.25, 0.3) is 21.7 Å². The van der Waals surface area contributed by atoms with Crippen LogP contribution in [0.1, 0.15) is 19.5 Å². The number of aryl methyl sites for hydroxylation is 1. The van der Waals surface area contributed by atoms with Gasteiger partial charge in [-0.1, -0.05) is 0 Å². The van der Waals surface area contributed by atoms with Crippen LogP contribution in [0, 0.1) is 12.3 Å². The first-order valence-electron chi connectivity index (χ1n) is 7.48. The average molecular weight is 296 g/mol. The molecule has 0 bridgehead atoms. The number of nitrogens with zero attached hydrogens (tertiary/aromatic N) is 2. The molecule has 0 fully saturated rings. The van der Waals surface area contributed by atoms with Gasteiger partial charge in [-0.05, 0) is 39.0 Å². The highest BCUT2D eigenvalue weighted by molar-refractivity contribution is 6.08. The highest BCUT2D eigenvalue weighted by Gasteiger charge is 2.12. The molecule has 3 aromatic rings. The zero-order valence-corrected chi connectivity index (χ0v) is 13.1. The molecule has 5 heteroatoms. The average Bonchev–Trinajstić information content (AvgIpc) is 2.47. The molecule has 0 atom stereocenters. The van der Waals surface area contributed by atoms with Crippen LogP contribution in [-0.2, 0) is 0 Å². The van der Waals surface area contributed by atoms with E-state index in [0.29, 0.717) is 16.8 Å². The van der Waals surface area contributed by atoms with Crippen molar-refractivity contribution in [2.24, 2.45) is 0 Å². The molecule has 5 nitrogen and oxygen atoms in total. The third-order valence-electron chi connectivity index (χ3n) is 4.00. The van der Waals surface area contributed by atoms with Crippen LogP contribution in [-0.4, -0.2) is 18.1 Å². The number of hydrogen-bond donors (Lipinski definition) is 2. The second kappa shape index (κ2) is 5.33. The van der Waals surface area contributed by atoms with Gasteiger partial charge in [-0.2, -0.15) is 0 Å². The number of rotatable bonds is 3. The topological polar surface area (TPSA) is 79.1 Å². The first-order valence-corrected chi connectivity index (χ1v) is 7.48. The summed E-state index contributed by atoms with van der Waals surface area (Å²) in [7, 11) is 0. The molecular weight excluding hydrogens is 276 g/mol. The SMILES string of the molecule is CCN(CC)c1ccc2c(c1)oc(=N)c1c(N)nc(C)cc12. The van der Waals surface area contributed by atoms with E-state index in [-0.39, 0.29) is 5.55 Å². The minimum Gasteiger partial charge on any atom is -0.438 e. The number of benzene rings is 1. The van der Waals surface area contributed by atoms with Crippen LogP contribution in [0.3, 0.4) is 0 Å². The van der Waals surface area contributed by atoms with Crippen molar-refractivity contribution >= 4 is 33.2 Å². The van der Waals surface area contributed by atoms with Gasteiger partial charge in [0.15, 0.2) is 0 Å². The molecule has 3 rings (SSSR count). The summed E-state index contributed by atoms with van der Waals surface area (Å²) >= 11 is 0. The van der Waals surface area contributed by atoms with Gasteiger partial charge in [-0.15, -0.1) is 0 Å². The first kappa shape index (κ1) is 14.4. The van der Waals surface area contributed by atoms with Gasteiger partial charge < -0.3 is 15.1 Å². The van der Waals surface area contributed by atoms with Crippen LogP contribution in [0.15, 0.2) is 28.7 Å². The molecule has 0 radical (unpaired) electrons. The summed E-state index contributed by atoms with van der Waals surface area (Å²) < 4.78 is 5.70. The molecule has 0 aliphatic rings. The van der Waals surface area contributed by atoms with Crippen molar-refractivity contribution in [1.82, 2.24) is 4.98 Å². The van der Waals surface area contributed by atoms with Crippen molar-refractivity contribution in [3.8, 4) is 0 Å². The smallest absolute Gasteiger partial charge is 0.223 e. The monoisotopic (exact) mass is 296 g/mol. The highest BCUT2D eigenvalue weighted by atomic mass is 16.3. The fourth-order valence-electron chi connectivity index (χ4n) is 2.91. The third kappa shape index (κ3) is 2.19. The summed E-state index contributed by atoms with van der Waals surface area (Å²) in [5.74, 6) is 0.346. The Hall–Kier alpha value is -2.56. The van der Waals surface area contributed by atoms with Crippen LogP contribution in [0.4, 0.5) is 11.5 Å². The molecule has 2 heterocycles. The second-order valence-corrected chi connectivity index (χ2v) is 5.36. The van der Waals surface area contributed by atoms with Gasteiger partial charge in [0.2, 0.25) is 5.55 Å². The molecule has 0 amide bonds. The van der Waals surface area contributed by atoms with E-state index < -0.39 is 0 Å². The number of anilines is 2. The maximum absolute atomic E-state index is 8.12. The Kier molecular flexibility index (Phi) is 3.48. The summed E-state index contributed by atoms with van der Waals surface area (Å²) in [6.07, 6.45) is 0. The molecule has 1 aromatic carbocycles. The van der Waals surface area contributed by atoms with Gasteiger partial charge in [-0.25, -0.2) is 4.98 Å². The van der Waals surface area contributed by atoms with Crippen molar-refractivity contribution in [3.05, 3.63) is 35.5 Å². The number of pyridine rings is 1. The summed E-state index contributed by atoms with van der Waals surface area (Å²) in [5, 5.41) is 10.6. The Morgan fingerprint density at radius 3 is 2.59 bits per heavy atom. The van der Waals surface area contributed by atoms with Gasteiger partial charge >= 0.3 is 0 Å². The Balaban J connectivity index is 2.37. The fourth-order valence-corrected chi connectivity index (χ4v) is 2.91. The molecule has 0 aliphatic heterocycles. The summed E-state index contributed by atoms with van der Waals surface area (Å²) in [6, 6.07) is 8.07. The zero-order valence-electron chi connectivity index (χ0n) is 13.1. The van der Waals surface area contributed by atoms with Crippen LogP contribution >= 0.6 is 0 Å². The summed E-state index contributed by atoms with van der Waals surface area (Å²) in [5.41, 5.74) is 8.66. The normalized spacial score (nSPS) is 11.2. The lowest BCUT2D eigenvalue weighted by Crippen LogP contribution is -2.21. The van der Waals surface area contributed by atoms with Gasteiger partial charge in [0, 0.05) is 41.3 Å². The van der Waals surface area contributed by atoms with E-state index in [0.717, 1.165) is 35.2 Å². The van der Waals surface area contributed by atoms with E-state index in [9.17, 15) is 0 Å². The zero-order chi connectivity index (χ0) is 15.9. The molecule has 22 heavy (non-hydrogen) atoms. The van der Waals surface area contributed by atoms with E-state index in [1.807, 2.05) is 25.1 Å². The fraction of sp³-hybridized carbons (Fsp3) is 0.294. The standard InChI is InChI=1S/C17H20N4O/c1-4-21(5-2)11-6-7-12-13-8-10(3)20-16(18)15(13)17(19)22-14(12)9-11/h6-9,19H,4-5H2,1-3H3,(H2,18,20). The quantitative estimate of drug-likeness (QED) is 0.727. The third-order valence-corrected chi connectivity index (χ3v) is 4.00. The predicted molar refractivity (Wildman–Crippen MR) is 90.1 cm³/mol. The largest absolute Gasteiger partial charge is 0.438 e. The van der Waals surface area contributed by atoms with Crippen LogP contribution in [0.5, 0.6) is 0 Å². The Morgan fingerprint density at radius 2 is 1.91 bits per heavy atom. The van der Waals surface area contributed by atoms with E-state index in [1.165, 1.54) is 0 Å². The van der Waals surface area contributed by atoms with Crippen LogP contribution < -0.4 is 16.2 Å². The van der Waals surface area contributed by atoms with Gasteiger partial charge in [0.1, 0.15) is 11.4 Å². The van der Waals surface area contributed by atoms with E-state index in [4.69, 9.17) is 15.6 Å². The van der Waals surface area contributed by atoms with Crippen molar-refractivity contribution < 1.29 is 4.42 Å². The van der Waals surface area contributed by atoms with Gasteiger partial charge in [-0.3, -0.25) is 5.41 Å². The molecule has 0 spiro atoms. The number of hydrogen-bond acceptors (Lipinski definition) is 5. The Morgan fingerprint density at radius 1 is 1.18 bits per heavy atom. The van der Waals surface area contributed by atoms with E-state index in [1.54, 1.807) is 0 Å². The molecule has 0 aliphatic carbocycles. The molecule has 0 unspecified atom stereocenters. The molecule has 0 saturated carbocycles. The minimum absolute atomic E-state index is 0.0594. The lowest BCUT2D eigenvalue weighted by Gasteiger charge is -2.21. The second-order valence-electron chi connectivity index (χ2n) is 5.36. The number of nitrogen functional groups attached to an aromatic ring is 1. The van der Waals surface area contributed by atoms with Crippen LogP contribution in [0.2, 0.25) is 0 Å². The van der Waals surface area contributed by atoms with E-state index in [2.05, 4.69) is 29.8 Å². The van der Waals surface area contributed by atoms with Crippen molar-refractivity contribution in [2.75, 3.05) is 23.7 Å². The maximum Gasteiger partial charge on any atom is 0.223 e. The number of aromatic nitrogens is 1. The molecule has 114 valence electrons. The van der Waals surface area contributed by atoms with Gasteiger partial charge in [0.05, 0.1) is 5.39 Å². The first-order chi connectivity index (χ1) is 10.5. The molecule has 0 saturated heterocycles. The molecule has 3 N–H and O–H groups in total. The minimum atomic E-state index is 0.0594. The van der Waals surface area contributed by atoms with Crippen molar-refractivity contribution in [2.45, 2.75) is 20.8 Å². The lowest BCUT2D eigenvalue weighted by atomic mass is 10.1. The predicted octanol–water partition coefficient (Wildman–Crippen LogP) is 3.20. The Bertz CT molecular complexity index is 910.